The number of carbonyl (C=O) groups is 1. The molecular formula is C15H22ClFN2O3. The molecular weight excluding hydrogens is 311 g/mol. The summed E-state index contributed by atoms with van der Waals surface area (Å²) < 4.78 is 22.8. The molecule has 0 atom stereocenters. The van der Waals surface area contributed by atoms with Crippen molar-refractivity contribution in [2.75, 3.05) is 38.8 Å². The van der Waals surface area contributed by atoms with E-state index in [4.69, 9.17) is 9.47 Å². The molecule has 124 valence electrons. The first-order valence-corrected chi connectivity index (χ1v) is 7.06. The van der Waals surface area contributed by atoms with Gasteiger partial charge in [-0.2, -0.15) is 0 Å². The minimum Gasteiger partial charge on any atom is -0.491 e. The van der Waals surface area contributed by atoms with E-state index in [1.807, 2.05) is 0 Å². The number of ether oxygens (including phenoxy) is 2. The predicted octanol–water partition coefficient (Wildman–Crippen LogP) is 2.16. The molecule has 0 saturated carbocycles. The second-order valence-corrected chi connectivity index (χ2v) is 4.97. The number of piperidine rings is 1. The number of hydrogen-bond acceptors (Lipinski definition) is 4. The summed E-state index contributed by atoms with van der Waals surface area (Å²) in [6.45, 7) is 0.962. The number of carbonyl (C=O) groups excluding carboxylic acids is 1. The number of hydrogen-bond donors (Lipinski definition) is 2. The highest BCUT2D eigenvalue weighted by atomic mass is 35.5. The van der Waals surface area contributed by atoms with E-state index in [1.54, 1.807) is 31.4 Å². The minimum atomic E-state index is -0.791. The molecule has 0 bridgehead atoms. The highest BCUT2D eigenvalue weighted by Crippen LogP contribution is 2.25. The summed E-state index contributed by atoms with van der Waals surface area (Å²) in [5, 5.41) is 6.06. The molecule has 0 aromatic heterocycles. The van der Waals surface area contributed by atoms with Gasteiger partial charge in [-0.1, -0.05) is 6.07 Å². The highest BCUT2D eigenvalue weighted by Gasteiger charge is 2.39. The highest BCUT2D eigenvalue weighted by molar-refractivity contribution is 5.97. The smallest absolute Gasteiger partial charge is 0.256 e. The monoisotopic (exact) mass is 332 g/mol. The Morgan fingerprint density at radius 1 is 1.41 bits per heavy atom. The van der Waals surface area contributed by atoms with Crippen LogP contribution >= 0.6 is 12.4 Å². The number of halogens is 2. The molecule has 1 fully saturated rings. The fraction of sp³-hybridized carbons (Fsp3) is 0.533. The second kappa shape index (κ2) is 8.92. The third kappa shape index (κ3) is 4.56. The van der Waals surface area contributed by atoms with E-state index in [9.17, 15) is 9.18 Å². The summed E-state index contributed by atoms with van der Waals surface area (Å²) in [5.74, 6) is 0.372. The molecule has 1 amide bonds. The van der Waals surface area contributed by atoms with Gasteiger partial charge in [0.15, 0.2) is 0 Å². The molecule has 1 aliphatic heterocycles. The summed E-state index contributed by atoms with van der Waals surface area (Å²) in [6, 6.07) is 6.93. The van der Waals surface area contributed by atoms with Crippen molar-refractivity contribution in [3.8, 4) is 5.75 Å². The van der Waals surface area contributed by atoms with Crippen molar-refractivity contribution >= 4 is 24.0 Å². The first kappa shape index (κ1) is 18.7. The van der Waals surface area contributed by atoms with Crippen LogP contribution in [0.1, 0.15) is 12.8 Å². The molecule has 2 N–H and O–H groups in total. The maximum Gasteiger partial charge on any atom is 0.256 e. The molecule has 1 aliphatic rings. The molecule has 5 nitrogen and oxygen atoms in total. The number of alkyl halides is 1. The molecule has 1 saturated heterocycles. The van der Waals surface area contributed by atoms with Crippen molar-refractivity contribution in [3.05, 3.63) is 24.3 Å². The van der Waals surface area contributed by atoms with E-state index < -0.39 is 12.3 Å². The Bertz CT molecular complexity index is 482. The van der Waals surface area contributed by atoms with Gasteiger partial charge in [-0.05, 0) is 38.1 Å². The van der Waals surface area contributed by atoms with Gasteiger partial charge in [0, 0.05) is 18.9 Å². The van der Waals surface area contributed by atoms with E-state index in [0.29, 0.717) is 24.3 Å². The van der Waals surface area contributed by atoms with Crippen LogP contribution in [0.4, 0.5) is 10.1 Å². The second-order valence-electron chi connectivity index (χ2n) is 4.97. The molecule has 1 aromatic carbocycles. The normalized spacial score (nSPS) is 16.5. The summed E-state index contributed by atoms with van der Waals surface area (Å²) >= 11 is 0. The Balaban J connectivity index is 0.00000242. The maximum atomic E-state index is 12.5. The van der Waals surface area contributed by atoms with Crippen LogP contribution in [0.15, 0.2) is 24.3 Å². The van der Waals surface area contributed by atoms with Crippen LogP contribution in [0, 0.1) is 0 Å². The van der Waals surface area contributed by atoms with Crippen LogP contribution in [0.3, 0.4) is 0 Å². The first-order valence-electron chi connectivity index (χ1n) is 7.06. The van der Waals surface area contributed by atoms with Gasteiger partial charge in [0.2, 0.25) is 0 Å². The van der Waals surface area contributed by atoms with Gasteiger partial charge in [-0.25, -0.2) is 4.39 Å². The quantitative estimate of drug-likeness (QED) is 0.838. The standard InChI is InChI=1S/C15H21FN2O3.ClH/c1-20-15(5-8-17-9-6-15)14(19)18-12-3-2-4-13(11-12)21-10-7-16;/h2-4,11,17H,5-10H2,1H3,(H,18,19);1H. The van der Waals surface area contributed by atoms with E-state index in [-0.39, 0.29) is 24.9 Å². The van der Waals surface area contributed by atoms with Crippen molar-refractivity contribution in [1.29, 1.82) is 0 Å². The first-order chi connectivity index (χ1) is 10.2. The summed E-state index contributed by atoms with van der Waals surface area (Å²) in [4.78, 5) is 12.5. The number of rotatable bonds is 6. The average Bonchev–Trinajstić information content (AvgIpc) is 2.54. The maximum absolute atomic E-state index is 12.5. The summed E-state index contributed by atoms with van der Waals surface area (Å²) in [5.41, 5.74) is -0.174. The molecule has 0 aliphatic carbocycles. The fourth-order valence-electron chi connectivity index (χ4n) is 2.42. The predicted molar refractivity (Wildman–Crippen MR) is 85.6 cm³/mol. The van der Waals surface area contributed by atoms with Gasteiger partial charge in [0.25, 0.3) is 5.91 Å². The Labute approximate surface area is 136 Å². The number of methoxy groups -OCH3 is 1. The van der Waals surface area contributed by atoms with Crippen LogP contribution < -0.4 is 15.4 Å². The van der Waals surface area contributed by atoms with Crippen molar-refractivity contribution in [1.82, 2.24) is 5.32 Å². The fourth-order valence-corrected chi connectivity index (χ4v) is 2.42. The lowest BCUT2D eigenvalue weighted by molar-refractivity contribution is -0.140. The molecule has 0 spiro atoms. The molecule has 0 radical (unpaired) electrons. The van der Waals surface area contributed by atoms with E-state index >= 15 is 0 Å². The average molecular weight is 333 g/mol. The Hall–Kier alpha value is -1.37. The SMILES string of the molecule is COC1(C(=O)Nc2cccc(OCCF)c2)CCNCC1.Cl. The lowest BCUT2D eigenvalue weighted by atomic mass is 9.91. The minimum absolute atomic E-state index is 0. The van der Waals surface area contributed by atoms with Crippen molar-refractivity contribution in [3.63, 3.8) is 0 Å². The topological polar surface area (TPSA) is 59.6 Å². The van der Waals surface area contributed by atoms with Gasteiger partial charge in [0.05, 0.1) is 0 Å². The molecule has 2 rings (SSSR count). The molecule has 7 heteroatoms. The third-order valence-corrected chi connectivity index (χ3v) is 3.65. The number of amides is 1. The van der Waals surface area contributed by atoms with E-state index in [1.165, 1.54) is 0 Å². The van der Waals surface area contributed by atoms with Gasteiger partial charge in [0.1, 0.15) is 24.6 Å². The van der Waals surface area contributed by atoms with Crippen molar-refractivity contribution in [2.45, 2.75) is 18.4 Å². The van der Waals surface area contributed by atoms with Crippen LogP contribution in [-0.4, -0.2) is 45.0 Å². The summed E-state index contributed by atoms with van der Waals surface area (Å²) in [6.07, 6.45) is 1.26. The van der Waals surface area contributed by atoms with Crippen LogP contribution in [-0.2, 0) is 9.53 Å². The van der Waals surface area contributed by atoms with Gasteiger partial charge < -0.3 is 20.1 Å². The zero-order valence-electron chi connectivity index (χ0n) is 12.6. The molecule has 1 aromatic rings. The Morgan fingerprint density at radius 2 is 2.14 bits per heavy atom. The molecule has 22 heavy (non-hydrogen) atoms. The lowest BCUT2D eigenvalue weighted by Gasteiger charge is -2.34. The van der Waals surface area contributed by atoms with E-state index in [2.05, 4.69) is 10.6 Å². The van der Waals surface area contributed by atoms with Crippen LogP contribution in [0.25, 0.3) is 0 Å². The zero-order valence-corrected chi connectivity index (χ0v) is 13.4. The Morgan fingerprint density at radius 3 is 2.77 bits per heavy atom. The van der Waals surface area contributed by atoms with Gasteiger partial charge in [-0.15, -0.1) is 12.4 Å². The molecule has 0 unspecified atom stereocenters. The van der Waals surface area contributed by atoms with Crippen molar-refractivity contribution in [2.24, 2.45) is 0 Å². The lowest BCUT2D eigenvalue weighted by Crippen LogP contribution is -2.51. The molecule has 1 heterocycles. The zero-order chi connectivity index (χ0) is 15.1. The van der Waals surface area contributed by atoms with Gasteiger partial charge in [-0.3, -0.25) is 4.79 Å². The number of benzene rings is 1. The largest absolute Gasteiger partial charge is 0.491 e. The van der Waals surface area contributed by atoms with Crippen LogP contribution in [0.5, 0.6) is 5.75 Å². The van der Waals surface area contributed by atoms with Crippen LogP contribution in [0.2, 0.25) is 0 Å². The van der Waals surface area contributed by atoms with Crippen molar-refractivity contribution < 1.29 is 18.7 Å². The number of anilines is 1. The van der Waals surface area contributed by atoms with Gasteiger partial charge >= 0.3 is 0 Å². The Kier molecular flexibility index (Phi) is 7.58. The third-order valence-electron chi connectivity index (χ3n) is 3.65. The number of nitrogens with one attached hydrogen (secondary N) is 2. The summed E-state index contributed by atoms with van der Waals surface area (Å²) in [7, 11) is 1.56. The van der Waals surface area contributed by atoms with E-state index in [0.717, 1.165) is 13.1 Å².